The molecule has 0 atom stereocenters. The second-order valence-corrected chi connectivity index (χ2v) is 4.85. The molecule has 0 N–H and O–H groups in total. The van der Waals surface area contributed by atoms with Gasteiger partial charge < -0.3 is 0 Å². The van der Waals surface area contributed by atoms with Crippen LogP contribution in [0.15, 0.2) is 42.5 Å². The van der Waals surface area contributed by atoms with Gasteiger partial charge in [0.15, 0.2) is 0 Å². The Morgan fingerprint density at radius 1 is 0.773 bits per heavy atom. The summed E-state index contributed by atoms with van der Waals surface area (Å²) in [5, 5.41) is 0. The summed E-state index contributed by atoms with van der Waals surface area (Å²) in [6, 6.07) is 7.46. The number of halogens is 7. The maximum Gasteiger partial charge on any atom is 0.416 e. The lowest BCUT2D eigenvalue weighted by Crippen LogP contribution is -2.09. The Hall–Kier alpha value is -1.69. The maximum atomic E-state index is 13.0. The zero-order valence-corrected chi connectivity index (χ0v) is 11.7. The predicted molar refractivity (Wildman–Crippen MR) is 71.4 cm³/mol. The van der Waals surface area contributed by atoms with Crippen molar-refractivity contribution in [2.75, 3.05) is 0 Å². The molecule has 0 nitrogen and oxygen atoms in total. The molecule has 2 aromatic carbocycles. The van der Waals surface area contributed by atoms with Gasteiger partial charge in [-0.15, -0.1) is 11.6 Å². The van der Waals surface area contributed by atoms with Gasteiger partial charge in [0, 0.05) is 5.88 Å². The summed E-state index contributed by atoms with van der Waals surface area (Å²) in [7, 11) is 0. The molecular formula is C15H9ClF6. The summed E-state index contributed by atoms with van der Waals surface area (Å²) >= 11 is 5.47. The fourth-order valence-corrected chi connectivity index (χ4v) is 2.24. The molecule has 0 aliphatic rings. The van der Waals surface area contributed by atoms with Crippen LogP contribution in [0.1, 0.15) is 16.7 Å². The number of rotatable bonds is 2. The van der Waals surface area contributed by atoms with Gasteiger partial charge in [-0.1, -0.05) is 24.3 Å². The third-order valence-electron chi connectivity index (χ3n) is 3.08. The van der Waals surface area contributed by atoms with E-state index in [1.54, 1.807) is 0 Å². The molecule has 0 heterocycles. The van der Waals surface area contributed by atoms with Crippen LogP contribution in [0.3, 0.4) is 0 Å². The van der Waals surface area contributed by atoms with E-state index in [9.17, 15) is 26.3 Å². The van der Waals surface area contributed by atoms with Crippen molar-refractivity contribution in [3.05, 3.63) is 59.2 Å². The molecule has 7 heteroatoms. The van der Waals surface area contributed by atoms with Crippen molar-refractivity contribution in [2.45, 2.75) is 18.2 Å². The van der Waals surface area contributed by atoms with Crippen molar-refractivity contribution in [1.82, 2.24) is 0 Å². The summed E-state index contributed by atoms with van der Waals surface area (Å²) in [5.41, 5.74) is -1.88. The van der Waals surface area contributed by atoms with E-state index in [2.05, 4.69) is 0 Å². The standard InChI is InChI=1S/C15H9ClF6/c16-8-11-5-4-10(7-13(11)15(20,21)22)9-2-1-3-12(6-9)14(17,18)19/h1-7H,8H2. The van der Waals surface area contributed by atoms with Crippen LogP contribution in [-0.2, 0) is 18.2 Å². The summed E-state index contributed by atoms with van der Waals surface area (Å²) < 4.78 is 76.9. The zero-order valence-electron chi connectivity index (χ0n) is 10.9. The first-order valence-electron chi connectivity index (χ1n) is 6.06. The molecule has 0 saturated heterocycles. The average Bonchev–Trinajstić information content (AvgIpc) is 2.45. The van der Waals surface area contributed by atoms with E-state index in [1.165, 1.54) is 18.2 Å². The highest BCUT2D eigenvalue weighted by Gasteiger charge is 2.34. The molecular weight excluding hydrogens is 330 g/mol. The Morgan fingerprint density at radius 3 is 1.95 bits per heavy atom. The van der Waals surface area contributed by atoms with Gasteiger partial charge in [0.25, 0.3) is 0 Å². The SMILES string of the molecule is FC(F)(F)c1cccc(-c2ccc(CCl)c(C(F)(F)F)c2)c1. The summed E-state index contributed by atoms with van der Waals surface area (Å²) in [6.07, 6.45) is -9.18. The molecule has 0 amide bonds. The van der Waals surface area contributed by atoms with Crippen molar-refractivity contribution in [3.63, 3.8) is 0 Å². The first-order chi connectivity index (χ1) is 10.1. The topological polar surface area (TPSA) is 0 Å². The lowest BCUT2D eigenvalue weighted by molar-refractivity contribution is -0.138. The third kappa shape index (κ3) is 3.55. The molecule has 22 heavy (non-hydrogen) atoms. The minimum Gasteiger partial charge on any atom is -0.166 e. The third-order valence-corrected chi connectivity index (χ3v) is 3.37. The van der Waals surface area contributed by atoms with E-state index in [4.69, 9.17) is 11.6 Å². The number of alkyl halides is 7. The monoisotopic (exact) mass is 338 g/mol. The number of benzene rings is 2. The normalized spacial score (nSPS) is 12.5. The summed E-state index contributed by atoms with van der Waals surface area (Å²) in [5.74, 6) is -0.336. The van der Waals surface area contributed by atoms with Gasteiger partial charge >= 0.3 is 12.4 Å². The van der Waals surface area contributed by atoms with Crippen LogP contribution in [0.2, 0.25) is 0 Å². The molecule has 2 aromatic rings. The zero-order chi connectivity index (χ0) is 16.5. The van der Waals surface area contributed by atoms with Gasteiger partial charge in [-0.05, 0) is 34.9 Å². The van der Waals surface area contributed by atoms with Crippen molar-refractivity contribution >= 4 is 11.6 Å². The highest BCUT2D eigenvalue weighted by atomic mass is 35.5. The van der Waals surface area contributed by atoms with Crippen molar-refractivity contribution < 1.29 is 26.3 Å². The van der Waals surface area contributed by atoms with Crippen molar-refractivity contribution in [2.24, 2.45) is 0 Å². The average molecular weight is 339 g/mol. The van der Waals surface area contributed by atoms with Gasteiger partial charge in [0.1, 0.15) is 0 Å². The molecule has 0 unspecified atom stereocenters. The molecule has 2 rings (SSSR count). The second-order valence-electron chi connectivity index (χ2n) is 4.58. The van der Waals surface area contributed by atoms with Gasteiger partial charge in [-0.3, -0.25) is 0 Å². The van der Waals surface area contributed by atoms with Gasteiger partial charge in [-0.25, -0.2) is 0 Å². The quantitative estimate of drug-likeness (QED) is 0.456. The van der Waals surface area contributed by atoms with Gasteiger partial charge in [0.2, 0.25) is 0 Å². The highest BCUT2D eigenvalue weighted by molar-refractivity contribution is 6.17. The van der Waals surface area contributed by atoms with Gasteiger partial charge in [0.05, 0.1) is 11.1 Å². The second kappa shape index (κ2) is 5.83. The number of hydrogen-bond acceptors (Lipinski definition) is 0. The van der Waals surface area contributed by atoms with E-state index in [0.29, 0.717) is 0 Å². The van der Waals surface area contributed by atoms with Crippen molar-refractivity contribution in [1.29, 1.82) is 0 Å². The Morgan fingerprint density at radius 2 is 1.41 bits per heavy atom. The molecule has 0 fully saturated rings. The Bertz CT molecular complexity index is 672. The largest absolute Gasteiger partial charge is 0.416 e. The van der Waals surface area contributed by atoms with Crippen LogP contribution in [0.25, 0.3) is 11.1 Å². The minimum absolute atomic E-state index is 0.0484. The van der Waals surface area contributed by atoms with Crippen LogP contribution < -0.4 is 0 Å². The number of hydrogen-bond donors (Lipinski definition) is 0. The van der Waals surface area contributed by atoms with Crippen LogP contribution in [0.4, 0.5) is 26.3 Å². The van der Waals surface area contributed by atoms with Crippen LogP contribution in [0, 0.1) is 0 Å². The lowest BCUT2D eigenvalue weighted by Gasteiger charge is -2.14. The smallest absolute Gasteiger partial charge is 0.166 e. The van der Waals surface area contributed by atoms with Crippen LogP contribution >= 0.6 is 11.6 Å². The molecule has 0 radical (unpaired) electrons. The van der Waals surface area contributed by atoms with E-state index in [-0.39, 0.29) is 22.6 Å². The minimum atomic E-state index is -4.62. The molecule has 0 aromatic heterocycles. The summed E-state index contributed by atoms with van der Waals surface area (Å²) in [4.78, 5) is 0. The Kier molecular flexibility index (Phi) is 4.42. The molecule has 0 bridgehead atoms. The van der Waals surface area contributed by atoms with Crippen LogP contribution in [-0.4, -0.2) is 0 Å². The fourth-order valence-electron chi connectivity index (χ4n) is 2.01. The first-order valence-corrected chi connectivity index (χ1v) is 6.60. The van der Waals surface area contributed by atoms with Crippen LogP contribution in [0.5, 0.6) is 0 Å². The molecule has 0 saturated carbocycles. The Balaban J connectivity index is 2.55. The molecule has 0 aliphatic carbocycles. The van der Waals surface area contributed by atoms with E-state index in [0.717, 1.165) is 24.3 Å². The lowest BCUT2D eigenvalue weighted by atomic mass is 9.98. The maximum absolute atomic E-state index is 13.0. The Labute approximate surface area is 127 Å². The predicted octanol–water partition coefficient (Wildman–Crippen LogP) is 6.13. The summed E-state index contributed by atoms with van der Waals surface area (Å²) in [6.45, 7) is 0. The highest BCUT2D eigenvalue weighted by Crippen LogP contribution is 2.37. The molecule has 0 aliphatic heterocycles. The molecule has 0 spiro atoms. The van der Waals surface area contributed by atoms with E-state index in [1.807, 2.05) is 0 Å². The van der Waals surface area contributed by atoms with Crippen molar-refractivity contribution in [3.8, 4) is 11.1 Å². The van der Waals surface area contributed by atoms with Gasteiger partial charge in [-0.2, -0.15) is 26.3 Å². The first kappa shape index (κ1) is 16.7. The van der Waals surface area contributed by atoms with E-state index < -0.39 is 23.5 Å². The molecule has 118 valence electrons. The van der Waals surface area contributed by atoms with E-state index >= 15 is 0 Å². The fraction of sp³-hybridized carbons (Fsp3) is 0.200.